The number of aryl methyl sites for hydroxylation is 1. The van der Waals surface area contributed by atoms with E-state index in [4.69, 9.17) is 0 Å². The van der Waals surface area contributed by atoms with Gasteiger partial charge in [0.1, 0.15) is 6.61 Å². The summed E-state index contributed by atoms with van der Waals surface area (Å²) in [6.45, 7) is 0.526. The number of carbonyl (C=O) groups excluding carboxylic acids is 2. The van der Waals surface area contributed by atoms with Crippen LogP contribution in [-0.4, -0.2) is 37.6 Å². The highest BCUT2D eigenvalue weighted by Crippen LogP contribution is 2.29. The van der Waals surface area contributed by atoms with Gasteiger partial charge in [-0.25, -0.2) is 0 Å². The number of ketones is 1. The quantitative estimate of drug-likeness (QED) is 0.620. The zero-order valence-corrected chi connectivity index (χ0v) is 11.4. The first kappa shape index (κ1) is 15.5. The molecule has 4 nitrogen and oxygen atoms in total. The number of anilines is 1. The van der Waals surface area contributed by atoms with Crippen LogP contribution in [0.5, 0.6) is 0 Å². The number of ether oxygens (including phenoxy) is 1. The van der Waals surface area contributed by atoms with Gasteiger partial charge in [-0.05, 0) is 25.5 Å². The van der Waals surface area contributed by atoms with Crippen molar-refractivity contribution in [3.8, 4) is 0 Å². The Balaban J connectivity index is 1.93. The molecule has 0 saturated heterocycles. The second-order valence-electron chi connectivity index (χ2n) is 4.83. The summed E-state index contributed by atoms with van der Waals surface area (Å²) in [5, 5.41) is 0. The first-order valence-electron chi connectivity index (χ1n) is 6.41. The topological polar surface area (TPSA) is 46.6 Å². The summed E-state index contributed by atoms with van der Waals surface area (Å²) in [7, 11) is 0. The lowest BCUT2D eigenvalue weighted by molar-refractivity contribution is -0.173. The third-order valence-corrected chi connectivity index (χ3v) is 3.06. The minimum Gasteiger partial charge on any atom is -0.372 e. The van der Waals surface area contributed by atoms with Gasteiger partial charge in [-0.1, -0.05) is 11.6 Å². The summed E-state index contributed by atoms with van der Waals surface area (Å²) < 4.78 is 40.2. The smallest absolute Gasteiger partial charge is 0.372 e. The monoisotopic (exact) mass is 301 g/mol. The molecule has 0 N–H and O–H groups in total. The Bertz CT molecular complexity index is 569. The van der Waals surface area contributed by atoms with E-state index in [0.29, 0.717) is 11.3 Å². The highest BCUT2D eigenvalue weighted by Gasteiger charge is 2.35. The van der Waals surface area contributed by atoms with Gasteiger partial charge in [0.25, 0.3) is 11.7 Å². The van der Waals surface area contributed by atoms with Crippen molar-refractivity contribution in [1.29, 1.82) is 0 Å². The molecule has 114 valence electrons. The van der Waals surface area contributed by atoms with Gasteiger partial charge in [-0.15, -0.1) is 0 Å². The van der Waals surface area contributed by atoms with E-state index in [1.165, 1.54) is 4.90 Å². The molecule has 0 spiro atoms. The highest BCUT2D eigenvalue weighted by atomic mass is 19.4. The summed E-state index contributed by atoms with van der Waals surface area (Å²) in [6, 6.07) is 5.08. The first-order chi connectivity index (χ1) is 9.79. The van der Waals surface area contributed by atoms with Gasteiger partial charge in [-0.2, -0.15) is 13.2 Å². The Morgan fingerprint density at radius 1 is 1.24 bits per heavy atom. The molecule has 1 aliphatic heterocycles. The van der Waals surface area contributed by atoms with E-state index in [-0.39, 0.29) is 19.6 Å². The molecule has 1 aromatic carbocycles. The minimum absolute atomic E-state index is 0.126. The van der Waals surface area contributed by atoms with E-state index in [2.05, 4.69) is 4.74 Å². The van der Waals surface area contributed by atoms with Crippen LogP contribution in [-0.2, 0) is 9.53 Å². The number of nitrogens with zero attached hydrogens (tertiary/aromatic N) is 1. The van der Waals surface area contributed by atoms with Crippen LogP contribution in [0.3, 0.4) is 0 Å². The number of halogens is 3. The lowest BCUT2D eigenvalue weighted by Crippen LogP contribution is -2.31. The molecular weight excluding hydrogens is 287 g/mol. The van der Waals surface area contributed by atoms with E-state index in [1.807, 2.05) is 6.92 Å². The van der Waals surface area contributed by atoms with E-state index in [9.17, 15) is 22.8 Å². The first-order valence-corrected chi connectivity index (χ1v) is 6.41. The number of amides is 1. The molecule has 0 radical (unpaired) electrons. The maximum Gasteiger partial charge on any atom is 0.411 e. The Labute approximate surface area is 119 Å². The SMILES string of the molecule is Cc1ccc2c(c1)C(=O)C(=O)N2CCCOCC(F)(F)F. The Morgan fingerprint density at radius 2 is 1.95 bits per heavy atom. The molecule has 0 saturated carbocycles. The molecular formula is C14H14F3NO3. The number of carbonyl (C=O) groups is 2. The molecule has 0 atom stereocenters. The number of benzene rings is 1. The van der Waals surface area contributed by atoms with Crippen LogP contribution in [0.1, 0.15) is 22.3 Å². The molecule has 21 heavy (non-hydrogen) atoms. The van der Waals surface area contributed by atoms with Gasteiger partial charge < -0.3 is 9.64 Å². The molecule has 7 heteroatoms. The maximum atomic E-state index is 11.9. The Kier molecular flexibility index (Phi) is 4.32. The fourth-order valence-corrected chi connectivity index (χ4v) is 2.15. The Hall–Kier alpha value is -1.89. The third kappa shape index (κ3) is 3.60. The molecule has 1 aromatic rings. The van der Waals surface area contributed by atoms with Gasteiger partial charge in [0.05, 0.1) is 11.3 Å². The third-order valence-electron chi connectivity index (χ3n) is 3.06. The number of alkyl halides is 3. The zero-order valence-electron chi connectivity index (χ0n) is 11.4. The lowest BCUT2D eigenvalue weighted by Gasteiger charge is -2.16. The number of hydrogen-bond donors (Lipinski definition) is 0. The molecule has 1 aliphatic rings. The van der Waals surface area contributed by atoms with Crippen molar-refractivity contribution in [1.82, 2.24) is 0 Å². The molecule has 0 unspecified atom stereocenters. The van der Waals surface area contributed by atoms with E-state index in [1.54, 1.807) is 18.2 Å². The molecule has 1 amide bonds. The van der Waals surface area contributed by atoms with Crippen molar-refractivity contribution in [2.75, 3.05) is 24.7 Å². The predicted molar refractivity (Wildman–Crippen MR) is 69.4 cm³/mol. The van der Waals surface area contributed by atoms with Gasteiger partial charge in [0.2, 0.25) is 0 Å². The van der Waals surface area contributed by atoms with Crippen LogP contribution in [0.25, 0.3) is 0 Å². The fraction of sp³-hybridized carbons (Fsp3) is 0.429. The minimum atomic E-state index is -4.36. The van der Waals surface area contributed by atoms with Crippen LogP contribution >= 0.6 is 0 Å². The van der Waals surface area contributed by atoms with E-state index >= 15 is 0 Å². The van der Waals surface area contributed by atoms with E-state index in [0.717, 1.165) is 5.56 Å². The number of Topliss-reactive ketones (excluding diaryl/α,β-unsaturated/α-hetero) is 1. The number of rotatable bonds is 5. The average Bonchev–Trinajstić information content (AvgIpc) is 2.62. The van der Waals surface area contributed by atoms with Crippen LogP contribution < -0.4 is 4.90 Å². The molecule has 0 bridgehead atoms. The normalized spacial score (nSPS) is 14.8. The second-order valence-corrected chi connectivity index (χ2v) is 4.83. The van der Waals surface area contributed by atoms with Crippen molar-refractivity contribution >= 4 is 17.4 Å². The van der Waals surface area contributed by atoms with Crippen molar-refractivity contribution in [2.24, 2.45) is 0 Å². The predicted octanol–water partition coefficient (Wildman–Crippen LogP) is 2.49. The van der Waals surface area contributed by atoms with Gasteiger partial charge in [0.15, 0.2) is 0 Å². The van der Waals surface area contributed by atoms with Crippen LogP contribution in [0.2, 0.25) is 0 Å². The molecule has 0 aromatic heterocycles. The van der Waals surface area contributed by atoms with Gasteiger partial charge in [-0.3, -0.25) is 9.59 Å². The maximum absolute atomic E-state index is 11.9. The van der Waals surface area contributed by atoms with Crippen molar-refractivity contribution < 1.29 is 27.5 Å². The highest BCUT2D eigenvalue weighted by molar-refractivity contribution is 6.52. The van der Waals surface area contributed by atoms with Crippen LogP contribution in [0.15, 0.2) is 18.2 Å². The molecule has 0 fully saturated rings. The van der Waals surface area contributed by atoms with Gasteiger partial charge >= 0.3 is 6.18 Å². The Morgan fingerprint density at radius 3 is 2.62 bits per heavy atom. The summed E-state index contributed by atoms with van der Waals surface area (Å²) >= 11 is 0. The largest absolute Gasteiger partial charge is 0.411 e. The van der Waals surface area contributed by atoms with Crippen LogP contribution in [0.4, 0.5) is 18.9 Å². The van der Waals surface area contributed by atoms with Crippen molar-refractivity contribution in [2.45, 2.75) is 19.5 Å². The second kappa shape index (κ2) is 5.85. The average molecular weight is 301 g/mol. The molecule has 0 aliphatic carbocycles. The fourth-order valence-electron chi connectivity index (χ4n) is 2.15. The molecule has 1 heterocycles. The lowest BCUT2D eigenvalue weighted by atomic mass is 10.1. The summed E-state index contributed by atoms with van der Waals surface area (Å²) in [5.41, 5.74) is 1.72. The zero-order chi connectivity index (χ0) is 15.6. The number of fused-ring (bicyclic) bond motifs is 1. The number of hydrogen-bond acceptors (Lipinski definition) is 3. The standard InChI is InChI=1S/C14H14F3NO3/c1-9-3-4-11-10(7-9)12(19)13(20)18(11)5-2-6-21-8-14(15,16)17/h3-4,7H,2,5-6,8H2,1H3. The van der Waals surface area contributed by atoms with Crippen molar-refractivity contribution in [3.63, 3.8) is 0 Å². The van der Waals surface area contributed by atoms with Gasteiger partial charge in [0, 0.05) is 13.2 Å². The van der Waals surface area contributed by atoms with Crippen LogP contribution in [0, 0.1) is 6.92 Å². The molecule has 2 rings (SSSR count). The summed E-state index contributed by atoms with van der Waals surface area (Å²) in [6.07, 6.45) is -4.13. The summed E-state index contributed by atoms with van der Waals surface area (Å²) in [4.78, 5) is 24.9. The summed E-state index contributed by atoms with van der Waals surface area (Å²) in [5.74, 6) is -1.23. The van der Waals surface area contributed by atoms with E-state index < -0.39 is 24.5 Å². The van der Waals surface area contributed by atoms with Crippen molar-refractivity contribution in [3.05, 3.63) is 29.3 Å².